The summed E-state index contributed by atoms with van der Waals surface area (Å²) in [6.07, 6.45) is 0.808. The Morgan fingerprint density at radius 3 is 2.67 bits per heavy atom. The number of carbonyl (C=O) groups excluding carboxylic acids is 1. The van der Waals surface area contributed by atoms with E-state index in [0.717, 1.165) is 12.0 Å². The minimum Gasteiger partial charge on any atom is -0.334 e. The van der Waals surface area contributed by atoms with Gasteiger partial charge in [-0.3, -0.25) is 10.6 Å². The third-order valence-electron chi connectivity index (χ3n) is 3.81. The second kappa shape index (κ2) is 5.54. The molecule has 2 aromatic carbocycles. The molecule has 0 saturated heterocycles. The number of nitrogens with zero attached hydrogens (tertiary/aromatic N) is 1. The Hall–Kier alpha value is -2.40. The topological polar surface area (TPSA) is 58.4 Å². The predicted molar refractivity (Wildman–Crippen MR) is 79.1 cm³/mol. The van der Waals surface area contributed by atoms with Gasteiger partial charge in [-0.05, 0) is 29.7 Å². The summed E-state index contributed by atoms with van der Waals surface area (Å²) in [5.74, 6) is 4.60. The van der Waals surface area contributed by atoms with E-state index in [0.29, 0.717) is 13.1 Å². The highest BCUT2D eigenvalue weighted by Crippen LogP contribution is 2.24. The van der Waals surface area contributed by atoms with Crippen molar-refractivity contribution in [1.29, 1.82) is 0 Å². The van der Waals surface area contributed by atoms with E-state index in [1.54, 1.807) is 11.0 Å². The fourth-order valence-corrected chi connectivity index (χ4v) is 2.69. The number of hydrogen-bond acceptors (Lipinski definition) is 3. The molecule has 1 aliphatic rings. The molecule has 108 valence electrons. The number of amides is 1. The van der Waals surface area contributed by atoms with Crippen molar-refractivity contribution >= 4 is 11.6 Å². The maximum atomic E-state index is 13.7. The number of anilines is 1. The van der Waals surface area contributed by atoms with Crippen LogP contribution in [0.25, 0.3) is 0 Å². The normalized spacial score (nSPS) is 13.7. The number of nitrogens with one attached hydrogen (secondary N) is 1. The lowest BCUT2D eigenvalue weighted by molar-refractivity contribution is 0.0735. The Balaban J connectivity index is 1.89. The summed E-state index contributed by atoms with van der Waals surface area (Å²) in [7, 11) is 0. The number of nitrogen functional groups attached to an aromatic ring is 1. The van der Waals surface area contributed by atoms with Gasteiger partial charge in [-0.1, -0.05) is 30.3 Å². The number of para-hydroxylation sites is 1. The Kier molecular flexibility index (Phi) is 3.58. The molecular weight excluding hydrogens is 269 g/mol. The molecule has 0 spiro atoms. The molecule has 0 atom stereocenters. The van der Waals surface area contributed by atoms with Crippen LogP contribution in [0.15, 0.2) is 42.5 Å². The van der Waals surface area contributed by atoms with E-state index in [4.69, 9.17) is 5.84 Å². The van der Waals surface area contributed by atoms with Crippen molar-refractivity contribution in [3.8, 4) is 0 Å². The predicted octanol–water partition coefficient (Wildman–Crippen LogP) is 2.31. The van der Waals surface area contributed by atoms with Crippen LogP contribution < -0.4 is 11.3 Å². The number of hydrazine groups is 1. The maximum Gasteiger partial charge on any atom is 0.256 e. The first-order chi connectivity index (χ1) is 10.2. The number of benzene rings is 2. The third-order valence-corrected chi connectivity index (χ3v) is 3.81. The molecule has 4 nitrogen and oxygen atoms in total. The van der Waals surface area contributed by atoms with Crippen molar-refractivity contribution in [1.82, 2.24) is 4.90 Å². The smallest absolute Gasteiger partial charge is 0.256 e. The van der Waals surface area contributed by atoms with Crippen molar-refractivity contribution < 1.29 is 9.18 Å². The van der Waals surface area contributed by atoms with Crippen molar-refractivity contribution in [2.24, 2.45) is 5.84 Å². The minimum atomic E-state index is -0.527. The van der Waals surface area contributed by atoms with Crippen LogP contribution in [0.3, 0.4) is 0 Å². The molecule has 3 N–H and O–H groups in total. The van der Waals surface area contributed by atoms with Crippen LogP contribution in [0, 0.1) is 5.82 Å². The lowest BCUT2D eigenvalue weighted by atomic mass is 9.99. The van der Waals surface area contributed by atoms with Gasteiger partial charge < -0.3 is 10.3 Å². The number of halogens is 1. The summed E-state index contributed by atoms with van der Waals surface area (Å²) in [6, 6.07) is 12.4. The van der Waals surface area contributed by atoms with Crippen LogP contribution in [0.5, 0.6) is 0 Å². The van der Waals surface area contributed by atoms with E-state index in [1.807, 2.05) is 18.2 Å². The summed E-state index contributed by atoms with van der Waals surface area (Å²) >= 11 is 0. The molecule has 1 aliphatic heterocycles. The quantitative estimate of drug-likeness (QED) is 0.657. The van der Waals surface area contributed by atoms with Gasteiger partial charge >= 0.3 is 0 Å². The molecule has 1 amide bonds. The minimum absolute atomic E-state index is 0.0429. The van der Waals surface area contributed by atoms with Gasteiger partial charge in [0.1, 0.15) is 5.82 Å². The fourth-order valence-electron chi connectivity index (χ4n) is 2.69. The standard InChI is InChI=1S/C16H16FN3O/c17-14-7-3-6-13(15(14)19-18)16(21)20-9-8-11-4-1-2-5-12(11)10-20/h1-7,19H,8-10,18H2. The van der Waals surface area contributed by atoms with Crippen LogP contribution in [-0.4, -0.2) is 17.4 Å². The number of nitrogens with two attached hydrogens (primary N) is 1. The molecule has 0 fully saturated rings. The van der Waals surface area contributed by atoms with E-state index in [1.165, 1.54) is 17.7 Å². The Morgan fingerprint density at radius 2 is 1.90 bits per heavy atom. The van der Waals surface area contributed by atoms with E-state index >= 15 is 0 Å². The highest BCUT2D eigenvalue weighted by atomic mass is 19.1. The van der Waals surface area contributed by atoms with Gasteiger partial charge in [0.2, 0.25) is 0 Å². The van der Waals surface area contributed by atoms with E-state index in [-0.39, 0.29) is 17.2 Å². The molecule has 0 unspecified atom stereocenters. The summed E-state index contributed by atoms with van der Waals surface area (Å²) in [4.78, 5) is 14.3. The monoisotopic (exact) mass is 285 g/mol. The molecule has 21 heavy (non-hydrogen) atoms. The van der Waals surface area contributed by atoms with Gasteiger partial charge in [-0.2, -0.15) is 0 Å². The number of rotatable bonds is 2. The molecule has 0 radical (unpaired) electrons. The highest BCUT2D eigenvalue weighted by molar-refractivity contribution is 5.99. The van der Waals surface area contributed by atoms with Crippen LogP contribution in [0.2, 0.25) is 0 Å². The first kappa shape index (κ1) is 13.6. The molecule has 1 heterocycles. The lowest BCUT2D eigenvalue weighted by Crippen LogP contribution is -2.36. The Morgan fingerprint density at radius 1 is 1.14 bits per heavy atom. The number of fused-ring (bicyclic) bond motifs is 1. The van der Waals surface area contributed by atoms with Gasteiger partial charge in [0.25, 0.3) is 5.91 Å². The molecule has 0 aromatic heterocycles. The average molecular weight is 285 g/mol. The zero-order chi connectivity index (χ0) is 14.8. The molecular formula is C16H16FN3O. The molecule has 3 rings (SSSR count). The van der Waals surface area contributed by atoms with Crippen LogP contribution in [0.1, 0.15) is 21.5 Å². The van der Waals surface area contributed by atoms with Gasteiger partial charge in [-0.25, -0.2) is 4.39 Å². The third kappa shape index (κ3) is 2.48. The van der Waals surface area contributed by atoms with Crippen molar-refractivity contribution in [3.05, 3.63) is 65.0 Å². The molecule has 0 bridgehead atoms. The van der Waals surface area contributed by atoms with Crippen molar-refractivity contribution in [3.63, 3.8) is 0 Å². The fraction of sp³-hybridized carbons (Fsp3) is 0.188. The molecule has 0 aliphatic carbocycles. The van der Waals surface area contributed by atoms with Gasteiger partial charge in [0.05, 0.1) is 11.3 Å². The molecule has 0 saturated carbocycles. The first-order valence-electron chi connectivity index (χ1n) is 6.82. The first-order valence-corrected chi connectivity index (χ1v) is 6.82. The lowest BCUT2D eigenvalue weighted by Gasteiger charge is -2.29. The van der Waals surface area contributed by atoms with Crippen molar-refractivity contribution in [2.75, 3.05) is 12.0 Å². The van der Waals surface area contributed by atoms with E-state index in [2.05, 4.69) is 11.5 Å². The second-order valence-electron chi connectivity index (χ2n) is 5.05. The Labute approximate surface area is 122 Å². The molecule has 5 heteroatoms. The summed E-state index contributed by atoms with van der Waals surface area (Å²) in [6.45, 7) is 1.16. The maximum absolute atomic E-state index is 13.7. The highest BCUT2D eigenvalue weighted by Gasteiger charge is 2.24. The largest absolute Gasteiger partial charge is 0.334 e. The van der Waals surface area contributed by atoms with Crippen LogP contribution in [-0.2, 0) is 13.0 Å². The summed E-state index contributed by atoms with van der Waals surface area (Å²) in [5, 5.41) is 0. The number of carbonyl (C=O) groups is 1. The number of hydrogen-bond donors (Lipinski definition) is 2. The summed E-state index contributed by atoms with van der Waals surface area (Å²) in [5.41, 5.74) is 4.98. The zero-order valence-electron chi connectivity index (χ0n) is 11.5. The van der Waals surface area contributed by atoms with E-state index in [9.17, 15) is 9.18 Å². The summed E-state index contributed by atoms with van der Waals surface area (Å²) < 4.78 is 13.7. The van der Waals surface area contributed by atoms with Crippen molar-refractivity contribution in [2.45, 2.75) is 13.0 Å². The SMILES string of the molecule is NNc1c(F)cccc1C(=O)N1CCc2ccccc2C1. The Bertz CT molecular complexity index is 687. The second-order valence-corrected chi connectivity index (χ2v) is 5.05. The van der Waals surface area contributed by atoms with Gasteiger partial charge in [0.15, 0.2) is 0 Å². The van der Waals surface area contributed by atoms with Crippen LogP contribution in [0.4, 0.5) is 10.1 Å². The van der Waals surface area contributed by atoms with Gasteiger partial charge in [-0.15, -0.1) is 0 Å². The van der Waals surface area contributed by atoms with Crippen LogP contribution >= 0.6 is 0 Å². The molecule has 2 aromatic rings. The zero-order valence-corrected chi connectivity index (χ0v) is 11.5. The van der Waals surface area contributed by atoms with Gasteiger partial charge in [0, 0.05) is 13.1 Å². The average Bonchev–Trinajstić information content (AvgIpc) is 2.53. The van der Waals surface area contributed by atoms with E-state index < -0.39 is 5.82 Å².